The molecule has 0 saturated heterocycles. The normalized spacial score (nSPS) is 11.3. The van der Waals surface area contributed by atoms with Crippen LogP contribution in [0, 0.1) is 27.7 Å². The van der Waals surface area contributed by atoms with Gasteiger partial charge in [0.15, 0.2) is 24.8 Å². The van der Waals surface area contributed by atoms with Crippen molar-refractivity contribution in [3.63, 3.8) is 0 Å². The van der Waals surface area contributed by atoms with Gasteiger partial charge in [0, 0.05) is 113 Å². The molecule has 36 nitrogen and oxygen atoms in total. The van der Waals surface area contributed by atoms with Crippen LogP contribution in [0.1, 0.15) is 130 Å². The van der Waals surface area contributed by atoms with Gasteiger partial charge in [-0.2, -0.15) is 10.2 Å². The predicted molar refractivity (Wildman–Crippen MR) is 547 cm³/mol. The minimum atomic E-state index is 0. The number of aryl methyl sites for hydroxylation is 10. The Balaban J connectivity index is 0.000000343. The molecule has 0 saturated carbocycles. The second kappa shape index (κ2) is 59.8. The first kappa shape index (κ1) is 108. The van der Waals surface area contributed by atoms with Crippen molar-refractivity contribution in [2.75, 3.05) is 125 Å². The number of unbranched alkanes of at least 4 members (excludes halogenated alkanes) is 6. The Morgan fingerprint density at radius 3 is 0.955 bits per heavy atom. The van der Waals surface area contributed by atoms with Crippen LogP contribution in [0.3, 0.4) is 0 Å². The van der Waals surface area contributed by atoms with Gasteiger partial charge in [0.1, 0.15) is 82.6 Å². The molecule has 0 unspecified atom stereocenters. The van der Waals surface area contributed by atoms with E-state index in [1.165, 1.54) is 32.5 Å². The predicted octanol–water partition coefficient (Wildman–Crippen LogP) is 17.6. The Hall–Kier alpha value is -12.6. The maximum atomic E-state index is 5.99. The summed E-state index contributed by atoms with van der Waals surface area (Å²) in [5.74, 6) is 2.75. The lowest BCUT2D eigenvalue weighted by Gasteiger charge is -2.20. The first-order valence-corrected chi connectivity index (χ1v) is 48.1. The number of nitrogen functional groups attached to an aromatic ring is 2. The molecule has 0 bridgehead atoms. The van der Waals surface area contributed by atoms with E-state index in [9.17, 15) is 0 Å². The van der Waals surface area contributed by atoms with Gasteiger partial charge >= 0.3 is 26.4 Å². The minimum Gasteiger partial charge on any atom is -0.382 e. The van der Waals surface area contributed by atoms with Crippen LogP contribution < -0.4 is 92.9 Å². The van der Waals surface area contributed by atoms with Crippen LogP contribution in [0.25, 0.3) is 0 Å². The first-order chi connectivity index (χ1) is 64.8. The third-order valence-electron chi connectivity index (χ3n) is 21.7. The van der Waals surface area contributed by atoms with E-state index in [2.05, 4.69) is 189 Å². The van der Waals surface area contributed by atoms with Crippen LogP contribution in [0.4, 0.5) is 102 Å². The summed E-state index contributed by atoms with van der Waals surface area (Å²) >= 11 is 3.39. The lowest BCUT2D eigenvalue weighted by Crippen LogP contribution is -2.35. The fourth-order valence-corrected chi connectivity index (χ4v) is 15.4. The molecular weight excluding hydrogens is 1720 g/mol. The van der Waals surface area contributed by atoms with Gasteiger partial charge in [0.2, 0.25) is 0 Å². The number of thiazole rings is 2. The average molecular weight is 1880 g/mol. The molecule has 16 N–H and O–H groups in total. The van der Waals surface area contributed by atoms with E-state index >= 15 is 0 Å². The van der Waals surface area contributed by atoms with Crippen molar-refractivity contribution < 1.29 is 31.7 Å². The fraction of sp³-hybridized carbons (Fsp3) is 0.458. The summed E-state index contributed by atoms with van der Waals surface area (Å²) in [4.78, 5) is 11.3. The van der Waals surface area contributed by atoms with Crippen molar-refractivity contribution in [2.24, 2.45) is 124 Å². The molecule has 0 aliphatic carbocycles. The molecule has 0 aliphatic rings. The Kier molecular flexibility index (Phi) is 48.4. The second-order valence-corrected chi connectivity index (χ2v) is 34.6. The van der Waals surface area contributed by atoms with Gasteiger partial charge in [0.25, 0.3) is 0 Å². The molecule has 8 aromatic heterocycles. The van der Waals surface area contributed by atoms with Crippen molar-refractivity contribution in [1.82, 2.24) is 28.7 Å². The molecular formula is C96H153N36S2+9. The highest BCUT2D eigenvalue weighted by Gasteiger charge is 2.23. The van der Waals surface area contributed by atoms with Gasteiger partial charge in [-0.1, -0.05) is 10.2 Å². The lowest BCUT2D eigenvalue weighted by molar-refractivity contribution is -0.687. The molecule has 134 heavy (non-hydrogen) atoms. The molecule has 12 aromatic rings. The largest absolute Gasteiger partial charge is 1.00 e. The quantitative estimate of drug-likeness (QED) is 0.01000. The number of aromatic nitrogens is 12. The Morgan fingerprint density at radius 1 is 0.351 bits per heavy atom. The lowest BCUT2D eigenvalue weighted by atomic mass is 10.2. The van der Waals surface area contributed by atoms with Crippen LogP contribution in [0.15, 0.2) is 245 Å². The van der Waals surface area contributed by atoms with E-state index in [-0.39, 0.29) is 4.28 Å². The van der Waals surface area contributed by atoms with E-state index in [1.54, 1.807) is 44.4 Å². The van der Waals surface area contributed by atoms with Gasteiger partial charge in [-0.15, -0.1) is 20.5 Å². The minimum absolute atomic E-state index is 0. The molecule has 0 radical (unpaired) electrons. The van der Waals surface area contributed by atoms with Gasteiger partial charge < -0.3 is 65.5 Å². The molecule has 0 atom stereocenters. The number of rotatable bonds is 44. The smallest absolute Gasteiger partial charge is 0.382 e. The first-order valence-electron chi connectivity index (χ1n) is 46.4. The number of hydrogen-bond donors (Lipinski definition) is 8. The molecule has 8 heterocycles. The maximum Gasteiger partial charge on any atom is 1.00 e. The summed E-state index contributed by atoms with van der Waals surface area (Å²) < 4.78 is 19.9. The van der Waals surface area contributed by atoms with Gasteiger partial charge in [-0.25, -0.2) is 45.9 Å². The molecule has 12 rings (SSSR count). The molecule has 4 aromatic carbocycles. The highest BCUT2D eigenvalue weighted by atomic mass is 32.1. The Morgan fingerprint density at radius 2 is 0.649 bits per heavy atom. The van der Waals surface area contributed by atoms with Crippen molar-refractivity contribution in [1.29, 1.82) is 0 Å². The molecule has 38 heteroatoms. The van der Waals surface area contributed by atoms with Crippen LogP contribution >= 0.6 is 22.7 Å². The van der Waals surface area contributed by atoms with E-state index < -0.39 is 0 Å². The Labute approximate surface area is 805 Å². The molecule has 0 fully saturated rings. The Bertz CT molecular complexity index is 5210. The van der Waals surface area contributed by atoms with Crippen LogP contribution in [-0.4, -0.2) is 122 Å². The summed E-state index contributed by atoms with van der Waals surface area (Å²) in [6.07, 6.45) is 31.1. The highest BCUT2D eigenvalue weighted by molar-refractivity contribution is 7.15. The summed E-state index contributed by atoms with van der Waals surface area (Å²) in [6, 6.07) is 40.2. The highest BCUT2D eigenvalue weighted by Crippen LogP contribution is 2.32. The SMILES string of the molecule is CCN(CC)c1ccc(N=Nc2sc(C)c(C)[n+]2CCCCN)cc1.CCN(CC)c1ccc(N=Nc2sc(C)c(C)[n+]2CCCCN)cc1.CN(C)c1ccc(N=Nc2n(CCCCN)cc[n+]2C)cc1.CN(C)c1ccc(N=Nc2n(CCCCN)cc[n+]2C)cc1.C[n+]1cccc(N=Nc2cnn(CCCCN)c2N)c1.C[n+]1cccc(N=Nc2cnn(CCCCN)c2N)c1.[H+].[H+].[H+]. The van der Waals surface area contributed by atoms with Gasteiger partial charge in [0.05, 0.1) is 97.4 Å². The van der Waals surface area contributed by atoms with Crippen LogP contribution in [-0.2, 0) is 67.5 Å². The fourth-order valence-electron chi connectivity index (χ4n) is 13.5. The average Bonchev–Trinajstić information content (AvgIpc) is 1.69. The van der Waals surface area contributed by atoms with E-state index in [0.717, 1.165) is 236 Å². The van der Waals surface area contributed by atoms with E-state index in [1.807, 2.05) is 221 Å². The van der Waals surface area contributed by atoms with Crippen LogP contribution in [0.2, 0.25) is 0 Å². The third kappa shape index (κ3) is 36.1. The third-order valence-corrected chi connectivity index (χ3v) is 23.9. The summed E-state index contributed by atoms with van der Waals surface area (Å²) in [7, 11) is 15.9. The molecule has 720 valence electrons. The van der Waals surface area contributed by atoms with Crippen molar-refractivity contribution >= 4 is 125 Å². The summed E-state index contributed by atoms with van der Waals surface area (Å²) in [5, 5.41) is 62.3. The number of imidazole rings is 2. The standard InChI is InChI=1S/2C19H30N5S.2C16H25N6.2C13H20N7/c2*1-5-23(6-2)18-11-9-17(10-12-18)21-22-19-24(14-8-7-13-20)15(3)16(4)25-19;2*1-20(2)15-8-6-14(7-9-15)18-19-16-21(3)12-13-22(16)11-5-4-10-17;2*1-19-7-4-5-11(10-19)17-18-12-9-16-20(13(12)15)8-3-2-6-14/h2*9-12H,5-8,13-14,20H2,1-4H3;2*6-9,12-13H,4-5,10-11,17H2,1-3H3;2*4-5,7,9-10H,2-3,6,8,14-15H2,1H3/q6*+1/p+3. The van der Waals surface area contributed by atoms with Crippen molar-refractivity contribution in [3.05, 3.63) is 204 Å². The van der Waals surface area contributed by atoms with Gasteiger partial charge in [-0.05, 0) is 314 Å². The molecule has 0 amide bonds. The number of azo groups is 6. The number of nitrogens with two attached hydrogens (primary N) is 8. The van der Waals surface area contributed by atoms with Crippen molar-refractivity contribution in [2.45, 2.75) is 172 Å². The number of benzene rings is 4. The zero-order valence-corrected chi connectivity index (χ0v) is 83.7. The zero-order valence-electron chi connectivity index (χ0n) is 85.1. The van der Waals surface area contributed by atoms with E-state index in [4.69, 9.17) is 45.9 Å². The molecule has 0 spiro atoms. The van der Waals surface area contributed by atoms with Gasteiger partial charge in [-0.3, -0.25) is 0 Å². The van der Waals surface area contributed by atoms with Crippen LogP contribution in [0.5, 0.6) is 0 Å². The topological polar surface area (TPSA) is 438 Å². The molecule has 0 aliphatic heterocycles. The maximum absolute atomic E-state index is 5.99. The number of anilines is 6. The summed E-state index contributed by atoms with van der Waals surface area (Å²) in [6.45, 7) is 30.8. The van der Waals surface area contributed by atoms with Crippen molar-refractivity contribution in [3.8, 4) is 0 Å². The zero-order chi connectivity index (χ0) is 97.1. The van der Waals surface area contributed by atoms with E-state index in [0.29, 0.717) is 36.1 Å². The monoisotopic (exact) mass is 1870 g/mol. The summed E-state index contributed by atoms with van der Waals surface area (Å²) in [5.41, 5.74) is 58.7. The second-order valence-electron chi connectivity index (χ2n) is 32.3. The number of pyridine rings is 2. The number of hydrogen-bond acceptors (Lipinski definition) is 28. The number of nitrogens with zero attached hydrogens (tertiary/aromatic N) is 28.